The van der Waals surface area contributed by atoms with Crippen LogP contribution >= 0.6 is 0 Å². The second-order valence-corrected chi connectivity index (χ2v) is 11.7. The lowest BCUT2D eigenvalue weighted by Gasteiger charge is -2.25. The largest absolute Gasteiger partial charge is 0.311 e. The number of rotatable bonds is 6. The molecular formula is C42H32N4. The number of hydrogen-bond acceptors (Lipinski definition) is 3. The normalized spacial score (nSPS) is 11.3. The number of anilines is 3. The van der Waals surface area contributed by atoms with Crippen LogP contribution in [0.3, 0.4) is 0 Å². The Morgan fingerprint density at radius 3 is 1.76 bits per heavy atom. The van der Waals surface area contributed by atoms with Crippen LogP contribution in [0.5, 0.6) is 0 Å². The number of fused-ring (bicyclic) bond motifs is 3. The number of para-hydroxylation sites is 3. The van der Waals surface area contributed by atoms with Crippen LogP contribution in [0, 0.1) is 13.8 Å². The van der Waals surface area contributed by atoms with Gasteiger partial charge in [0.15, 0.2) is 5.82 Å². The summed E-state index contributed by atoms with van der Waals surface area (Å²) < 4.78 is 2.40. The van der Waals surface area contributed by atoms with Crippen LogP contribution in [0.25, 0.3) is 50.0 Å². The molecule has 8 aromatic rings. The average Bonchev–Trinajstić information content (AvgIpc) is 3.44. The van der Waals surface area contributed by atoms with E-state index in [1.54, 1.807) is 12.4 Å². The van der Waals surface area contributed by atoms with Gasteiger partial charge in [0.1, 0.15) is 0 Å². The summed E-state index contributed by atoms with van der Waals surface area (Å²) in [6.07, 6.45) is 3.59. The SMILES string of the molecule is Cc1cc(-n2c3ccccc3c3cc(-c4ccc(N(c5ccccc5)c5ccccc5)cc4)ccc32)c(C)cc1-c1ncccn1. The van der Waals surface area contributed by atoms with Gasteiger partial charge in [-0.05, 0) is 109 Å². The van der Waals surface area contributed by atoms with Gasteiger partial charge in [0, 0.05) is 51.5 Å². The van der Waals surface area contributed by atoms with Gasteiger partial charge in [0.25, 0.3) is 0 Å². The van der Waals surface area contributed by atoms with Crippen molar-refractivity contribution in [2.75, 3.05) is 4.90 Å². The molecule has 2 heterocycles. The van der Waals surface area contributed by atoms with Gasteiger partial charge in [-0.3, -0.25) is 0 Å². The molecule has 0 atom stereocenters. The first-order valence-electron chi connectivity index (χ1n) is 15.6. The fraction of sp³-hybridized carbons (Fsp3) is 0.0476. The predicted molar refractivity (Wildman–Crippen MR) is 191 cm³/mol. The first-order valence-corrected chi connectivity index (χ1v) is 15.6. The Bertz CT molecular complexity index is 2270. The minimum Gasteiger partial charge on any atom is -0.311 e. The number of aromatic nitrogens is 3. The van der Waals surface area contributed by atoms with Crippen molar-refractivity contribution in [1.29, 1.82) is 0 Å². The molecule has 0 spiro atoms. The third-order valence-corrected chi connectivity index (χ3v) is 8.75. The summed E-state index contributed by atoms with van der Waals surface area (Å²) in [7, 11) is 0. The van der Waals surface area contributed by atoms with Crippen molar-refractivity contribution in [3.8, 4) is 28.2 Å². The van der Waals surface area contributed by atoms with Crippen LogP contribution in [0.4, 0.5) is 17.1 Å². The Morgan fingerprint density at radius 2 is 1.07 bits per heavy atom. The molecule has 0 saturated heterocycles. The van der Waals surface area contributed by atoms with E-state index in [4.69, 9.17) is 0 Å². The molecule has 0 unspecified atom stereocenters. The smallest absolute Gasteiger partial charge is 0.159 e. The first-order chi connectivity index (χ1) is 22.7. The number of aryl methyl sites for hydroxylation is 2. The van der Waals surface area contributed by atoms with Crippen LogP contribution in [0.15, 0.2) is 158 Å². The van der Waals surface area contributed by atoms with Crippen LogP contribution in [0.1, 0.15) is 11.1 Å². The highest BCUT2D eigenvalue weighted by Crippen LogP contribution is 2.39. The molecule has 4 nitrogen and oxygen atoms in total. The molecule has 2 aromatic heterocycles. The zero-order valence-electron chi connectivity index (χ0n) is 25.8. The second-order valence-electron chi connectivity index (χ2n) is 11.7. The Balaban J connectivity index is 1.21. The third kappa shape index (κ3) is 4.81. The zero-order chi connectivity index (χ0) is 31.0. The first kappa shape index (κ1) is 27.5. The third-order valence-electron chi connectivity index (χ3n) is 8.75. The predicted octanol–water partition coefficient (Wildman–Crippen LogP) is 11.0. The van der Waals surface area contributed by atoms with E-state index < -0.39 is 0 Å². The van der Waals surface area contributed by atoms with Gasteiger partial charge in [-0.15, -0.1) is 0 Å². The average molecular weight is 593 g/mol. The lowest BCUT2D eigenvalue weighted by atomic mass is 10.0. The van der Waals surface area contributed by atoms with E-state index in [0.29, 0.717) is 0 Å². The minimum absolute atomic E-state index is 0.753. The molecule has 0 fully saturated rings. The summed E-state index contributed by atoms with van der Waals surface area (Å²) in [6, 6.07) is 51.8. The maximum absolute atomic E-state index is 4.51. The Labute approximate surface area is 268 Å². The molecule has 4 heteroatoms. The van der Waals surface area contributed by atoms with Gasteiger partial charge in [-0.25, -0.2) is 9.97 Å². The van der Waals surface area contributed by atoms with Crippen LogP contribution < -0.4 is 4.90 Å². The van der Waals surface area contributed by atoms with Gasteiger partial charge >= 0.3 is 0 Å². The van der Waals surface area contributed by atoms with Gasteiger partial charge in [-0.2, -0.15) is 0 Å². The van der Waals surface area contributed by atoms with E-state index in [1.807, 2.05) is 6.07 Å². The summed E-state index contributed by atoms with van der Waals surface area (Å²) >= 11 is 0. The molecule has 0 radical (unpaired) electrons. The highest BCUT2D eigenvalue weighted by molar-refractivity contribution is 6.10. The van der Waals surface area contributed by atoms with Crippen LogP contribution in [-0.2, 0) is 0 Å². The van der Waals surface area contributed by atoms with Crippen LogP contribution in [0.2, 0.25) is 0 Å². The molecule has 46 heavy (non-hydrogen) atoms. The minimum atomic E-state index is 0.753. The van der Waals surface area contributed by atoms with Gasteiger partial charge < -0.3 is 9.47 Å². The van der Waals surface area contributed by atoms with E-state index in [2.05, 4.69) is 173 Å². The van der Waals surface area contributed by atoms with E-state index in [9.17, 15) is 0 Å². The molecule has 0 amide bonds. The molecule has 220 valence electrons. The maximum atomic E-state index is 4.51. The Hall–Kier alpha value is -6.00. The zero-order valence-corrected chi connectivity index (χ0v) is 25.8. The Morgan fingerprint density at radius 1 is 0.478 bits per heavy atom. The van der Waals surface area contributed by atoms with Gasteiger partial charge in [0.05, 0.1) is 11.0 Å². The van der Waals surface area contributed by atoms with Gasteiger partial charge in [-0.1, -0.05) is 72.8 Å². The van der Waals surface area contributed by atoms with Crippen molar-refractivity contribution in [1.82, 2.24) is 14.5 Å². The molecule has 0 aliphatic rings. The summed E-state index contributed by atoms with van der Waals surface area (Å²) in [6.45, 7) is 4.31. The van der Waals surface area contributed by atoms with Crippen molar-refractivity contribution in [3.05, 3.63) is 169 Å². The molecule has 6 aromatic carbocycles. The highest BCUT2D eigenvalue weighted by atomic mass is 15.1. The molecule has 0 aliphatic heterocycles. The summed E-state index contributed by atoms with van der Waals surface area (Å²) in [4.78, 5) is 11.3. The van der Waals surface area contributed by atoms with Crippen molar-refractivity contribution >= 4 is 38.9 Å². The lowest BCUT2D eigenvalue weighted by molar-refractivity contribution is 1.12. The standard InChI is InChI=1S/C42H32N4/c1-29-27-41(30(2)26-37(29)42-43-24-11-25-44-42)46-39-17-10-9-16-36(39)38-28-32(20-23-40(38)46)31-18-21-35(22-19-31)45(33-12-5-3-6-13-33)34-14-7-4-8-15-34/h3-28H,1-2H3. The lowest BCUT2D eigenvalue weighted by Crippen LogP contribution is -2.09. The molecule has 0 aliphatic carbocycles. The van der Waals surface area contributed by atoms with Crippen molar-refractivity contribution in [3.63, 3.8) is 0 Å². The summed E-state index contributed by atoms with van der Waals surface area (Å²) in [5.74, 6) is 0.753. The quantitative estimate of drug-likeness (QED) is 0.193. The van der Waals surface area contributed by atoms with Crippen LogP contribution in [-0.4, -0.2) is 14.5 Å². The summed E-state index contributed by atoms with van der Waals surface area (Å²) in [5, 5.41) is 2.47. The monoisotopic (exact) mass is 592 g/mol. The van der Waals surface area contributed by atoms with E-state index in [-0.39, 0.29) is 0 Å². The molecule has 0 N–H and O–H groups in total. The molecule has 0 bridgehead atoms. The van der Waals surface area contributed by atoms with Crippen molar-refractivity contribution in [2.45, 2.75) is 13.8 Å². The van der Waals surface area contributed by atoms with Crippen molar-refractivity contribution in [2.24, 2.45) is 0 Å². The maximum Gasteiger partial charge on any atom is 0.159 e. The number of benzene rings is 6. The number of nitrogens with zero attached hydrogens (tertiary/aromatic N) is 4. The summed E-state index contributed by atoms with van der Waals surface area (Å²) in [5.41, 5.74) is 12.7. The second kappa shape index (κ2) is 11.5. The topological polar surface area (TPSA) is 34.0 Å². The van der Waals surface area contributed by atoms with E-state index in [0.717, 1.165) is 34.0 Å². The fourth-order valence-electron chi connectivity index (χ4n) is 6.54. The molecule has 8 rings (SSSR count). The highest BCUT2D eigenvalue weighted by Gasteiger charge is 2.17. The van der Waals surface area contributed by atoms with Crippen molar-refractivity contribution < 1.29 is 0 Å². The number of hydrogen-bond donors (Lipinski definition) is 0. The Kier molecular flexibility index (Phi) is 6.88. The van der Waals surface area contributed by atoms with E-state index in [1.165, 1.54) is 44.2 Å². The van der Waals surface area contributed by atoms with Gasteiger partial charge in [0.2, 0.25) is 0 Å². The fourth-order valence-corrected chi connectivity index (χ4v) is 6.54. The molecular weight excluding hydrogens is 560 g/mol. The molecule has 0 saturated carbocycles. The van der Waals surface area contributed by atoms with E-state index >= 15 is 0 Å².